The van der Waals surface area contributed by atoms with Crippen LogP contribution in [0.3, 0.4) is 0 Å². The number of esters is 2. The zero-order valence-corrected chi connectivity index (χ0v) is 14.2. The molecule has 0 N–H and O–H groups in total. The van der Waals surface area contributed by atoms with E-state index in [1.54, 1.807) is 0 Å². The summed E-state index contributed by atoms with van der Waals surface area (Å²) in [5.74, 6) is 0.689. The maximum Gasteiger partial charge on any atom is 0.308 e. The molecular formula is C20H22O4. The van der Waals surface area contributed by atoms with Gasteiger partial charge in [-0.3, -0.25) is 9.59 Å². The zero-order valence-electron chi connectivity index (χ0n) is 14.2. The van der Waals surface area contributed by atoms with Crippen molar-refractivity contribution >= 4 is 11.9 Å². The minimum Gasteiger partial charge on any atom is -0.427 e. The molecule has 0 aliphatic heterocycles. The maximum absolute atomic E-state index is 11.0. The van der Waals surface area contributed by atoms with Crippen molar-refractivity contribution in [2.24, 2.45) is 0 Å². The minimum atomic E-state index is -0.325. The molecule has 0 heterocycles. The molecule has 0 unspecified atom stereocenters. The van der Waals surface area contributed by atoms with Crippen molar-refractivity contribution in [3.05, 3.63) is 59.7 Å². The van der Waals surface area contributed by atoms with Gasteiger partial charge in [0.2, 0.25) is 0 Å². The average molecular weight is 326 g/mol. The Labute approximate surface area is 142 Å². The number of ether oxygens (including phenoxy) is 2. The van der Waals surface area contributed by atoms with Crippen molar-refractivity contribution < 1.29 is 19.1 Å². The molecule has 0 aliphatic rings. The minimum absolute atomic E-state index is 0.243. The lowest BCUT2D eigenvalue weighted by atomic mass is 9.87. The molecule has 24 heavy (non-hydrogen) atoms. The molecule has 2 aromatic rings. The van der Waals surface area contributed by atoms with Gasteiger partial charge >= 0.3 is 11.9 Å². The monoisotopic (exact) mass is 326 g/mol. The number of hydrogen-bond donors (Lipinski definition) is 0. The first-order valence-corrected chi connectivity index (χ1v) is 8.06. The van der Waals surface area contributed by atoms with Gasteiger partial charge in [-0.1, -0.05) is 37.6 Å². The smallest absolute Gasteiger partial charge is 0.308 e. The molecule has 4 nitrogen and oxygen atoms in total. The molecule has 4 heteroatoms. The van der Waals surface area contributed by atoms with Crippen LogP contribution in [0.1, 0.15) is 50.7 Å². The summed E-state index contributed by atoms with van der Waals surface area (Å²) in [5.41, 5.74) is 2.32. The molecular weight excluding hydrogens is 304 g/mol. The Balaban J connectivity index is 2.21. The Morgan fingerprint density at radius 2 is 1.17 bits per heavy atom. The third kappa shape index (κ3) is 4.95. The van der Waals surface area contributed by atoms with Gasteiger partial charge in [-0.2, -0.15) is 0 Å². The molecule has 0 fully saturated rings. The fraction of sp³-hybridized carbons (Fsp3) is 0.300. The predicted octanol–water partition coefficient (Wildman–Crippen LogP) is 4.47. The number of carbonyl (C=O) groups excluding carboxylic acids is 2. The van der Waals surface area contributed by atoms with E-state index in [2.05, 4.69) is 6.92 Å². The van der Waals surface area contributed by atoms with Crippen LogP contribution in [0.2, 0.25) is 0 Å². The molecule has 0 aromatic heterocycles. The lowest BCUT2D eigenvalue weighted by Crippen LogP contribution is -2.04. The molecule has 2 rings (SSSR count). The topological polar surface area (TPSA) is 52.6 Å². The Morgan fingerprint density at radius 1 is 0.792 bits per heavy atom. The second-order valence-electron chi connectivity index (χ2n) is 5.67. The summed E-state index contributed by atoms with van der Waals surface area (Å²) in [4.78, 5) is 22.0. The zero-order chi connectivity index (χ0) is 17.5. The van der Waals surface area contributed by atoms with Crippen LogP contribution in [0.15, 0.2) is 48.5 Å². The van der Waals surface area contributed by atoms with E-state index >= 15 is 0 Å². The molecule has 0 saturated carbocycles. The summed E-state index contributed by atoms with van der Waals surface area (Å²) in [6.07, 6.45) is 2.04. The predicted molar refractivity (Wildman–Crippen MR) is 92.3 cm³/mol. The van der Waals surface area contributed by atoms with Gasteiger partial charge in [-0.15, -0.1) is 0 Å². The molecule has 2 aromatic carbocycles. The second-order valence-corrected chi connectivity index (χ2v) is 5.67. The van der Waals surface area contributed by atoms with Gasteiger partial charge in [0.25, 0.3) is 0 Å². The van der Waals surface area contributed by atoms with Gasteiger partial charge in [-0.25, -0.2) is 0 Å². The van der Waals surface area contributed by atoms with Crippen LogP contribution in [0, 0.1) is 0 Å². The van der Waals surface area contributed by atoms with Crippen molar-refractivity contribution in [3.63, 3.8) is 0 Å². The molecule has 0 aliphatic carbocycles. The van der Waals surface area contributed by atoms with Gasteiger partial charge < -0.3 is 9.47 Å². The highest BCUT2D eigenvalue weighted by molar-refractivity contribution is 5.69. The van der Waals surface area contributed by atoms with Crippen LogP contribution >= 0.6 is 0 Å². The first-order valence-electron chi connectivity index (χ1n) is 8.06. The van der Waals surface area contributed by atoms with Crippen molar-refractivity contribution in [1.82, 2.24) is 0 Å². The Hall–Kier alpha value is -2.62. The first kappa shape index (κ1) is 17.7. The molecule has 0 bridgehead atoms. The number of hydrogen-bond acceptors (Lipinski definition) is 4. The fourth-order valence-electron chi connectivity index (χ4n) is 2.68. The highest BCUT2D eigenvalue weighted by Crippen LogP contribution is 2.31. The lowest BCUT2D eigenvalue weighted by molar-refractivity contribution is -0.132. The van der Waals surface area contributed by atoms with Crippen molar-refractivity contribution in [2.45, 2.75) is 39.5 Å². The van der Waals surface area contributed by atoms with E-state index in [0.717, 1.165) is 24.0 Å². The van der Waals surface area contributed by atoms with Crippen LogP contribution in [-0.2, 0) is 9.59 Å². The summed E-state index contributed by atoms with van der Waals surface area (Å²) >= 11 is 0. The second kappa shape index (κ2) is 8.29. The summed E-state index contributed by atoms with van der Waals surface area (Å²) in [5, 5.41) is 0. The number of carbonyl (C=O) groups is 2. The van der Waals surface area contributed by atoms with Crippen molar-refractivity contribution in [3.8, 4) is 11.5 Å². The van der Waals surface area contributed by atoms with E-state index in [-0.39, 0.29) is 17.9 Å². The standard InChI is InChI=1S/C20H22O4/c1-4-5-20(16-6-10-18(11-7-16)23-14(2)21)17-8-12-19(13-9-17)24-15(3)22/h6-13,20H,4-5H2,1-3H3. The van der Waals surface area contributed by atoms with Gasteiger partial charge in [0, 0.05) is 19.8 Å². The van der Waals surface area contributed by atoms with E-state index in [0.29, 0.717) is 11.5 Å². The molecule has 0 amide bonds. The van der Waals surface area contributed by atoms with Crippen LogP contribution in [0.25, 0.3) is 0 Å². The Morgan fingerprint density at radius 3 is 1.46 bits per heavy atom. The molecule has 0 spiro atoms. The first-order chi connectivity index (χ1) is 11.5. The molecule has 0 saturated heterocycles. The van der Waals surface area contributed by atoms with Gasteiger partial charge in [0.15, 0.2) is 0 Å². The van der Waals surface area contributed by atoms with Crippen LogP contribution in [0.4, 0.5) is 0 Å². The number of rotatable bonds is 6. The largest absolute Gasteiger partial charge is 0.427 e. The number of benzene rings is 2. The quantitative estimate of drug-likeness (QED) is 0.580. The highest BCUT2D eigenvalue weighted by Gasteiger charge is 2.14. The lowest BCUT2D eigenvalue weighted by Gasteiger charge is -2.18. The van der Waals surface area contributed by atoms with Gasteiger partial charge in [0.05, 0.1) is 0 Å². The SMILES string of the molecule is CCCC(c1ccc(OC(C)=O)cc1)c1ccc(OC(C)=O)cc1. The van der Waals surface area contributed by atoms with E-state index in [4.69, 9.17) is 9.47 Å². The normalized spacial score (nSPS) is 10.5. The molecule has 0 atom stereocenters. The summed E-state index contributed by atoms with van der Waals surface area (Å²) in [7, 11) is 0. The highest BCUT2D eigenvalue weighted by atomic mass is 16.5. The van der Waals surface area contributed by atoms with Gasteiger partial charge in [-0.05, 0) is 41.8 Å². The van der Waals surface area contributed by atoms with Crippen LogP contribution in [-0.4, -0.2) is 11.9 Å². The fourth-order valence-corrected chi connectivity index (χ4v) is 2.68. The Kier molecular flexibility index (Phi) is 6.13. The van der Waals surface area contributed by atoms with Crippen LogP contribution in [0.5, 0.6) is 11.5 Å². The summed E-state index contributed by atoms with van der Waals surface area (Å²) in [6, 6.07) is 15.2. The Bertz CT molecular complexity index is 627. The van der Waals surface area contributed by atoms with E-state index in [1.807, 2.05) is 48.5 Å². The average Bonchev–Trinajstić information content (AvgIpc) is 2.53. The molecule has 0 radical (unpaired) electrons. The van der Waals surface area contributed by atoms with E-state index < -0.39 is 0 Å². The third-order valence-corrected chi connectivity index (χ3v) is 3.67. The van der Waals surface area contributed by atoms with E-state index in [1.165, 1.54) is 13.8 Å². The third-order valence-electron chi connectivity index (χ3n) is 3.67. The van der Waals surface area contributed by atoms with Crippen molar-refractivity contribution in [1.29, 1.82) is 0 Å². The van der Waals surface area contributed by atoms with Gasteiger partial charge in [0.1, 0.15) is 11.5 Å². The van der Waals surface area contributed by atoms with Crippen molar-refractivity contribution in [2.75, 3.05) is 0 Å². The summed E-state index contributed by atoms with van der Waals surface area (Å²) in [6.45, 7) is 4.92. The van der Waals surface area contributed by atoms with Crippen LogP contribution < -0.4 is 9.47 Å². The van der Waals surface area contributed by atoms with E-state index in [9.17, 15) is 9.59 Å². The summed E-state index contributed by atoms with van der Waals surface area (Å²) < 4.78 is 10.2. The molecule has 126 valence electrons. The maximum atomic E-state index is 11.0.